The molecular weight excluding hydrogens is 368 g/mol. The standard InChI is InChI=1S/C19H21ClN4O3/c1-2-17(25)22-16-12-13(20)5-6-14(16)18(26)23-8-10-24(11-9-23)19(27)15-4-3-7-21-15/h3-7,12,21H,2,8-11H2,1H3,(H,22,25). The van der Waals surface area contributed by atoms with Crippen molar-refractivity contribution in [2.24, 2.45) is 0 Å². The summed E-state index contributed by atoms with van der Waals surface area (Å²) in [6.45, 7) is 3.49. The molecular formula is C19H21ClN4O3. The fourth-order valence-electron chi connectivity index (χ4n) is 2.96. The number of nitrogens with one attached hydrogen (secondary N) is 2. The summed E-state index contributed by atoms with van der Waals surface area (Å²) in [7, 11) is 0. The Morgan fingerprint density at radius 3 is 2.33 bits per heavy atom. The van der Waals surface area contributed by atoms with Crippen LogP contribution in [0.4, 0.5) is 5.69 Å². The number of anilines is 1. The van der Waals surface area contributed by atoms with Gasteiger partial charge in [0.15, 0.2) is 0 Å². The fourth-order valence-corrected chi connectivity index (χ4v) is 3.13. The van der Waals surface area contributed by atoms with Crippen LogP contribution in [0.1, 0.15) is 34.2 Å². The molecule has 2 aromatic rings. The molecule has 1 aromatic heterocycles. The van der Waals surface area contributed by atoms with E-state index in [-0.39, 0.29) is 17.7 Å². The van der Waals surface area contributed by atoms with Gasteiger partial charge in [-0.25, -0.2) is 0 Å². The maximum absolute atomic E-state index is 12.9. The van der Waals surface area contributed by atoms with Crippen molar-refractivity contribution in [3.05, 3.63) is 52.8 Å². The van der Waals surface area contributed by atoms with Crippen molar-refractivity contribution in [1.82, 2.24) is 14.8 Å². The Labute approximate surface area is 162 Å². The second kappa shape index (κ2) is 8.26. The van der Waals surface area contributed by atoms with Gasteiger partial charge in [0, 0.05) is 43.8 Å². The number of aromatic amines is 1. The highest BCUT2D eigenvalue weighted by molar-refractivity contribution is 6.31. The zero-order chi connectivity index (χ0) is 19.4. The monoisotopic (exact) mass is 388 g/mol. The lowest BCUT2D eigenvalue weighted by molar-refractivity contribution is -0.115. The third kappa shape index (κ3) is 4.31. The van der Waals surface area contributed by atoms with Gasteiger partial charge in [-0.1, -0.05) is 18.5 Å². The molecule has 142 valence electrons. The number of piperazine rings is 1. The van der Waals surface area contributed by atoms with Gasteiger partial charge >= 0.3 is 0 Å². The maximum Gasteiger partial charge on any atom is 0.270 e. The zero-order valence-corrected chi connectivity index (χ0v) is 15.8. The summed E-state index contributed by atoms with van der Waals surface area (Å²) in [5, 5.41) is 3.17. The molecule has 2 heterocycles. The number of carbonyl (C=O) groups excluding carboxylic acids is 3. The van der Waals surface area contributed by atoms with Gasteiger partial charge in [0.2, 0.25) is 5.91 Å². The van der Waals surface area contributed by atoms with Crippen LogP contribution >= 0.6 is 11.6 Å². The van der Waals surface area contributed by atoms with Crippen LogP contribution in [0.25, 0.3) is 0 Å². The number of hydrogen-bond donors (Lipinski definition) is 2. The van der Waals surface area contributed by atoms with Crippen molar-refractivity contribution >= 4 is 35.0 Å². The number of amides is 3. The van der Waals surface area contributed by atoms with Crippen LogP contribution in [0.2, 0.25) is 5.02 Å². The summed E-state index contributed by atoms with van der Waals surface area (Å²) in [6.07, 6.45) is 2.01. The summed E-state index contributed by atoms with van der Waals surface area (Å²) in [5.41, 5.74) is 1.34. The molecule has 8 heteroatoms. The summed E-state index contributed by atoms with van der Waals surface area (Å²) in [5.74, 6) is -0.452. The lowest BCUT2D eigenvalue weighted by atomic mass is 10.1. The van der Waals surface area contributed by atoms with Crippen LogP contribution < -0.4 is 5.32 Å². The molecule has 0 atom stereocenters. The van der Waals surface area contributed by atoms with E-state index in [0.29, 0.717) is 54.6 Å². The SMILES string of the molecule is CCC(=O)Nc1cc(Cl)ccc1C(=O)N1CCN(C(=O)c2ccc[nH]2)CC1. The van der Waals surface area contributed by atoms with Gasteiger partial charge in [-0.2, -0.15) is 0 Å². The summed E-state index contributed by atoms with van der Waals surface area (Å²) in [6, 6.07) is 8.33. The number of aromatic nitrogens is 1. The van der Waals surface area contributed by atoms with E-state index in [2.05, 4.69) is 10.3 Å². The van der Waals surface area contributed by atoms with Crippen LogP contribution in [-0.4, -0.2) is 58.7 Å². The Bertz CT molecular complexity index is 843. The molecule has 0 unspecified atom stereocenters. The largest absolute Gasteiger partial charge is 0.357 e. The minimum Gasteiger partial charge on any atom is -0.357 e. The number of H-pyrrole nitrogens is 1. The molecule has 0 spiro atoms. The van der Waals surface area contributed by atoms with Crippen LogP contribution in [0.5, 0.6) is 0 Å². The Morgan fingerprint density at radius 2 is 1.74 bits per heavy atom. The van der Waals surface area contributed by atoms with Crippen molar-refractivity contribution in [2.45, 2.75) is 13.3 Å². The van der Waals surface area contributed by atoms with E-state index in [4.69, 9.17) is 11.6 Å². The predicted octanol–water partition coefficient (Wildman–Crippen LogP) is 2.61. The Morgan fingerprint density at radius 1 is 1.07 bits per heavy atom. The number of rotatable bonds is 4. The Balaban J connectivity index is 1.69. The molecule has 1 aromatic carbocycles. The zero-order valence-electron chi connectivity index (χ0n) is 15.0. The van der Waals surface area contributed by atoms with Gasteiger partial charge < -0.3 is 20.1 Å². The van der Waals surface area contributed by atoms with E-state index < -0.39 is 0 Å². The third-order valence-corrected chi connectivity index (χ3v) is 4.72. The summed E-state index contributed by atoms with van der Waals surface area (Å²) < 4.78 is 0. The summed E-state index contributed by atoms with van der Waals surface area (Å²) in [4.78, 5) is 43.4. The fraction of sp³-hybridized carbons (Fsp3) is 0.316. The molecule has 1 saturated heterocycles. The van der Waals surface area contributed by atoms with E-state index >= 15 is 0 Å². The van der Waals surface area contributed by atoms with Gasteiger partial charge in [-0.05, 0) is 30.3 Å². The van der Waals surface area contributed by atoms with Crippen molar-refractivity contribution in [2.75, 3.05) is 31.5 Å². The first-order valence-electron chi connectivity index (χ1n) is 8.81. The lowest BCUT2D eigenvalue weighted by Gasteiger charge is -2.35. The topological polar surface area (TPSA) is 85.5 Å². The molecule has 27 heavy (non-hydrogen) atoms. The molecule has 0 aliphatic carbocycles. The normalized spacial score (nSPS) is 14.1. The van der Waals surface area contributed by atoms with Gasteiger partial charge in [0.05, 0.1) is 11.3 Å². The van der Waals surface area contributed by atoms with Crippen LogP contribution in [0.15, 0.2) is 36.5 Å². The molecule has 3 rings (SSSR count). The van der Waals surface area contributed by atoms with Crippen molar-refractivity contribution < 1.29 is 14.4 Å². The second-order valence-electron chi connectivity index (χ2n) is 6.26. The smallest absolute Gasteiger partial charge is 0.270 e. The maximum atomic E-state index is 12.9. The molecule has 3 amide bonds. The van der Waals surface area contributed by atoms with Gasteiger partial charge in [-0.15, -0.1) is 0 Å². The number of carbonyl (C=O) groups is 3. The van der Waals surface area contributed by atoms with Crippen molar-refractivity contribution in [3.8, 4) is 0 Å². The van der Waals surface area contributed by atoms with Crippen molar-refractivity contribution in [3.63, 3.8) is 0 Å². The first-order valence-corrected chi connectivity index (χ1v) is 9.18. The first kappa shape index (κ1) is 19.0. The molecule has 1 aliphatic rings. The highest BCUT2D eigenvalue weighted by atomic mass is 35.5. The minimum atomic E-state index is -0.190. The molecule has 7 nitrogen and oxygen atoms in total. The highest BCUT2D eigenvalue weighted by Crippen LogP contribution is 2.23. The third-order valence-electron chi connectivity index (χ3n) is 4.49. The lowest BCUT2D eigenvalue weighted by Crippen LogP contribution is -2.50. The second-order valence-corrected chi connectivity index (χ2v) is 6.70. The molecule has 0 radical (unpaired) electrons. The van der Waals surface area contributed by atoms with Crippen molar-refractivity contribution in [1.29, 1.82) is 0 Å². The van der Waals surface area contributed by atoms with Gasteiger partial charge in [0.25, 0.3) is 11.8 Å². The Kier molecular flexibility index (Phi) is 5.81. The minimum absolute atomic E-state index is 0.0745. The number of halogens is 1. The number of nitrogens with zero attached hydrogens (tertiary/aromatic N) is 2. The van der Waals surface area contributed by atoms with Gasteiger partial charge in [-0.3, -0.25) is 14.4 Å². The average Bonchev–Trinajstić information content (AvgIpc) is 3.22. The first-order chi connectivity index (χ1) is 13.0. The van der Waals surface area contributed by atoms with E-state index in [1.807, 2.05) is 0 Å². The molecule has 1 fully saturated rings. The van der Waals surface area contributed by atoms with E-state index in [9.17, 15) is 14.4 Å². The van der Waals surface area contributed by atoms with E-state index in [0.717, 1.165) is 0 Å². The van der Waals surface area contributed by atoms with E-state index in [1.54, 1.807) is 53.3 Å². The van der Waals surface area contributed by atoms with Crippen LogP contribution in [0.3, 0.4) is 0 Å². The quantitative estimate of drug-likeness (QED) is 0.844. The Hall–Kier alpha value is -2.80. The number of hydrogen-bond acceptors (Lipinski definition) is 3. The van der Waals surface area contributed by atoms with Gasteiger partial charge in [0.1, 0.15) is 5.69 Å². The summed E-state index contributed by atoms with van der Waals surface area (Å²) >= 11 is 6.01. The molecule has 0 saturated carbocycles. The van der Waals surface area contributed by atoms with E-state index in [1.165, 1.54) is 0 Å². The molecule has 1 aliphatic heterocycles. The molecule has 2 N–H and O–H groups in total. The average molecular weight is 389 g/mol. The predicted molar refractivity (Wildman–Crippen MR) is 103 cm³/mol. The van der Waals surface area contributed by atoms with Crippen LogP contribution in [0, 0.1) is 0 Å². The number of benzene rings is 1. The van der Waals surface area contributed by atoms with Crippen LogP contribution in [-0.2, 0) is 4.79 Å². The highest BCUT2D eigenvalue weighted by Gasteiger charge is 2.27. The molecule has 0 bridgehead atoms.